The maximum atomic E-state index is 11.8. The smallest absolute Gasteiger partial charge is 0.227 e. The molecule has 1 heterocycles. The molecule has 1 aromatic rings. The Balaban J connectivity index is 2.60. The molecule has 0 fully saturated rings. The first-order valence-electron chi connectivity index (χ1n) is 5.02. The van der Waals surface area contributed by atoms with Crippen LogP contribution >= 0.6 is 11.3 Å². The van der Waals surface area contributed by atoms with E-state index in [4.69, 9.17) is 5.73 Å². The van der Waals surface area contributed by atoms with Crippen molar-refractivity contribution in [3.8, 4) is 0 Å². The second kappa shape index (κ2) is 4.77. The zero-order valence-electron chi connectivity index (χ0n) is 9.41. The van der Waals surface area contributed by atoms with Crippen LogP contribution < -0.4 is 11.1 Å². The number of nitrogens with one attached hydrogen (secondary N) is 1. The van der Waals surface area contributed by atoms with Crippen LogP contribution in [0, 0.1) is 5.41 Å². The lowest BCUT2D eigenvalue weighted by atomic mass is 9.92. The summed E-state index contributed by atoms with van der Waals surface area (Å²) in [5.41, 5.74) is 5.05. The number of thiophene rings is 1. The van der Waals surface area contributed by atoms with E-state index in [0.717, 1.165) is 4.88 Å². The van der Waals surface area contributed by atoms with Crippen molar-refractivity contribution in [2.75, 3.05) is 6.54 Å². The number of rotatable bonds is 4. The SMILES string of the molecule is CC(NC(=O)C(C)(C)CN)c1cccs1. The molecule has 84 valence electrons. The van der Waals surface area contributed by atoms with Gasteiger partial charge in [0.15, 0.2) is 0 Å². The Labute approximate surface area is 94.7 Å². The molecule has 0 aliphatic heterocycles. The summed E-state index contributed by atoms with van der Waals surface area (Å²) in [4.78, 5) is 13.0. The van der Waals surface area contributed by atoms with Gasteiger partial charge in [-0.25, -0.2) is 0 Å². The third kappa shape index (κ3) is 3.04. The van der Waals surface area contributed by atoms with Crippen molar-refractivity contribution < 1.29 is 4.79 Å². The molecule has 0 bridgehead atoms. The molecular formula is C11H18N2OS. The van der Waals surface area contributed by atoms with Crippen LogP contribution in [0.3, 0.4) is 0 Å². The van der Waals surface area contributed by atoms with Crippen LogP contribution in [-0.2, 0) is 4.79 Å². The zero-order valence-corrected chi connectivity index (χ0v) is 10.2. The lowest BCUT2D eigenvalue weighted by Crippen LogP contribution is -2.42. The first-order chi connectivity index (χ1) is 6.97. The predicted octanol–water partition coefficient (Wildman–Crippen LogP) is 1.91. The van der Waals surface area contributed by atoms with Crippen LogP contribution in [0.1, 0.15) is 31.7 Å². The molecule has 0 aliphatic rings. The lowest BCUT2D eigenvalue weighted by molar-refractivity contribution is -0.129. The highest BCUT2D eigenvalue weighted by Crippen LogP contribution is 2.20. The van der Waals surface area contributed by atoms with Gasteiger partial charge in [0.2, 0.25) is 5.91 Å². The molecule has 0 saturated heterocycles. The molecule has 3 nitrogen and oxygen atoms in total. The summed E-state index contributed by atoms with van der Waals surface area (Å²) in [6.45, 7) is 6.04. The van der Waals surface area contributed by atoms with E-state index in [2.05, 4.69) is 5.32 Å². The maximum Gasteiger partial charge on any atom is 0.227 e. The predicted molar refractivity (Wildman–Crippen MR) is 63.7 cm³/mol. The number of amides is 1. The van der Waals surface area contributed by atoms with Gasteiger partial charge in [0.25, 0.3) is 0 Å². The topological polar surface area (TPSA) is 55.1 Å². The average molecular weight is 226 g/mol. The van der Waals surface area contributed by atoms with E-state index in [1.165, 1.54) is 0 Å². The van der Waals surface area contributed by atoms with Crippen molar-refractivity contribution in [2.24, 2.45) is 11.1 Å². The second-order valence-corrected chi connectivity index (χ2v) is 5.28. The van der Waals surface area contributed by atoms with E-state index in [1.54, 1.807) is 11.3 Å². The monoisotopic (exact) mass is 226 g/mol. The summed E-state index contributed by atoms with van der Waals surface area (Å²) in [5, 5.41) is 4.97. The quantitative estimate of drug-likeness (QED) is 0.824. The standard InChI is InChI=1S/C11H18N2OS/c1-8(9-5-4-6-15-9)13-10(14)11(2,3)7-12/h4-6,8H,7,12H2,1-3H3,(H,13,14). The minimum atomic E-state index is -0.495. The molecule has 1 amide bonds. The van der Waals surface area contributed by atoms with Gasteiger partial charge < -0.3 is 11.1 Å². The molecule has 0 saturated carbocycles. The fraction of sp³-hybridized carbons (Fsp3) is 0.545. The van der Waals surface area contributed by atoms with Gasteiger partial charge in [-0.3, -0.25) is 4.79 Å². The molecule has 0 radical (unpaired) electrons. The van der Waals surface area contributed by atoms with Crippen LogP contribution in [-0.4, -0.2) is 12.5 Å². The van der Waals surface area contributed by atoms with Crippen molar-refractivity contribution in [1.29, 1.82) is 0 Å². The molecule has 4 heteroatoms. The van der Waals surface area contributed by atoms with Crippen LogP contribution in [0.25, 0.3) is 0 Å². The van der Waals surface area contributed by atoms with Crippen LogP contribution in [0.4, 0.5) is 0 Å². The highest BCUT2D eigenvalue weighted by Gasteiger charge is 2.27. The number of hydrogen-bond donors (Lipinski definition) is 2. The van der Waals surface area contributed by atoms with Gasteiger partial charge >= 0.3 is 0 Å². The van der Waals surface area contributed by atoms with Gasteiger partial charge in [-0.05, 0) is 32.2 Å². The Hall–Kier alpha value is -0.870. The van der Waals surface area contributed by atoms with E-state index in [0.29, 0.717) is 6.54 Å². The molecule has 0 aliphatic carbocycles. The third-order valence-electron chi connectivity index (χ3n) is 2.44. The molecule has 0 aromatic carbocycles. The van der Waals surface area contributed by atoms with E-state index < -0.39 is 5.41 Å². The Kier molecular flexibility index (Phi) is 3.88. The minimum absolute atomic E-state index is 0.00546. The van der Waals surface area contributed by atoms with E-state index in [1.807, 2.05) is 38.3 Å². The Bertz CT molecular complexity index is 319. The van der Waals surface area contributed by atoms with Crippen LogP contribution in [0.2, 0.25) is 0 Å². The molecule has 1 aromatic heterocycles. The molecule has 0 spiro atoms. The number of hydrogen-bond acceptors (Lipinski definition) is 3. The summed E-state index contributed by atoms with van der Waals surface area (Å²) in [6.07, 6.45) is 0. The maximum absolute atomic E-state index is 11.8. The average Bonchev–Trinajstić information content (AvgIpc) is 2.70. The molecule has 1 rings (SSSR count). The van der Waals surface area contributed by atoms with E-state index >= 15 is 0 Å². The Morgan fingerprint density at radius 1 is 1.67 bits per heavy atom. The van der Waals surface area contributed by atoms with Gasteiger partial charge in [-0.2, -0.15) is 0 Å². The zero-order chi connectivity index (χ0) is 11.5. The van der Waals surface area contributed by atoms with Crippen molar-refractivity contribution in [3.63, 3.8) is 0 Å². The molecule has 3 N–H and O–H groups in total. The Morgan fingerprint density at radius 2 is 2.33 bits per heavy atom. The summed E-state index contributed by atoms with van der Waals surface area (Å²) < 4.78 is 0. The number of nitrogens with two attached hydrogens (primary N) is 1. The normalized spacial score (nSPS) is 13.6. The molecule has 1 unspecified atom stereocenters. The van der Waals surface area contributed by atoms with Crippen molar-refractivity contribution in [1.82, 2.24) is 5.32 Å². The molecule has 15 heavy (non-hydrogen) atoms. The molecular weight excluding hydrogens is 208 g/mol. The van der Waals surface area contributed by atoms with Crippen molar-refractivity contribution in [2.45, 2.75) is 26.8 Å². The minimum Gasteiger partial charge on any atom is -0.348 e. The van der Waals surface area contributed by atoms with Gasteiger partial charge in [-0.15, -0.1) is 11.3 Å². The highest BCUT2D eigenvalue weighted by molar-refractivity contribution is 7.10. The second-order valence-electron chi connectivity index (χ2n) is 4.30. The van der Waals surface area contributed by atoms with Gasteiger partial charge in [0.1, 0.15) is 0 Å². The lowest BCUT2D eigenvalue weighted by Gasteiger charge is -2.23. The summed E-state index contributed by atoms with van der Waals surface area (Å²) in [7, 11) is 0. The molecule has 1 atom stereocenters. The fourth-order valence-electron chi connectivity index (χ4n) is 1.09. The summed E-state index contributed by atoms with van der Waals surface area (Å²) >= 11 is 1.65. The largest absolute Gasteiger partial charge is 0.348 e. The van der Waals surface area contributed by atoms with E-state index in [9.17, 15) is 4.79 Å². The highest BCUT2D eigenvalue weighted by atomic mass is 32.1. The summed E-state index contributed by atoms with van der Waals surface area (Å²) in [5.74, 6) is 0.00546. The van der Waals surface area contributed by atoms with E-state index in [-0.39, 0.29) is 11.9 Å². The Morgan fingerprint density at radius 3 is 2.80 bits per heavy atom. The van der Waals surface area contributed by atoms with Gasteiger partial charge in [0, 0.05) is 11.4 Å². The number of carbonyl (C=O) groups excluding carboxylic acids is 1. The van der Waals surface area contributed by atoms with Crippen LogP contribution in [0.15, 0.2) is 17.5 Å². The third-order valence-corrected chi connectivity index (χ3v) is 3.50. The van der Waals surface area contributed by atoms with Gasteiger partial charge in [-0.1, -0.05) is 6.07 Å². The first-order valence-corrected chi connectivity index (χ1v) is 5.90. The summed E-state index contributed by atoms with van der Waals surface area (Å²) in [6, 6.07) is 4.06. The van der Waals surface area contributed by atoms with Crippen molar-refractivity contribution >= 4 is 17.2 Å². The fourth-order valence-corrected chi connectivity index (χ4v) is 1.83. The van der Waals surface area contributed by atoms with Crippen LogP contribution in [0.5, 0.6) is 0 Å². The number of carbonyl (C=O) groups is 1. The van der Waals surface area contributed by atoms with Crippen molar-refractivity contribution in [3.05, 3.63) is 22.4 Å². The first kappa shape index (κ1) is 12.2. The van der Waals surface area contributed by atoms with Gasteiger partial charge in [0.05, 0.1) is 11.5 Å².